The fraction of sp³-hybridized carbons (Fsp3) is 0.538. The maximum atomic E-state index is 12.3. The first-order valence-corrected chi connectivity index (χ1v) is 7.49. The second-order valence-corrected chi connectivity index (χ2v) is 6.13. The number of nitrogens with zero attached hydrogens (tertiary/aromatic N) is 2. The summed E-state index contributed by atoms with van der Waals surface area (Å²) in [7, 11) is 0. The van der Waals surface area contributed by atoms with E-state index < -0.39 is 5.97 Å². The van der Waals surface area contributed by atoms with Gasteiger partial charge >= 0.3 is 5.97 Å². The number of amides is 2. The molecule has 6 nitrogen and oxygen atoms in total. The first kappa shape index (κ1) is 13.2. The lowest BCUT2D eigenvalue weighted by Crippen LogP contribution is -2.30. The van der Waals surface area contributed by atoms with E-state index in [0.29, 0.717) is 5.01 Å². The lowest BCUT2D eigenvalue weighted by atomic mass is 9.81. The minimum atomic E-state index is -1.10. The molecule has 1 aromatic rings. The molecule has 1 aliphatic heterocycles. The van der Waals surface area contributed by atoms with E-state index in [9.17, 15) is 14.4 Å². The maximum absolute atomic E-state index is 12.3. The van der Waals surface area contributed by atoms with Gasteiger partial charge in [0, 0.05) is 5.38 Å². The van der Waals surface area contributed by atoms with Crippen LogP contribution in [-0.2, 0) is 16.1 Å². The molecule has 2 heterocycles. The molecule has 0 radical (unpaired) electrons. The summed E-state index contributed by atoms with van der Waals surface area (Å²) in [4.78, 5) is 40.5. The number of aromatic nitrogens is 1. The number of rotatable bonds is 3. The summed E-state index contributed by atoms with van der Waals surface area (Å²) in [5.74, 6) is -1.68. The van der Waals surface area contributed by atoms with Crippen molar-refractivity contribution in [3.63, 3.8) is 0 Å². The molecular weight excluding hydrogens is 280 g/mol. The third-order valence-corrected chi connectivity index (χ3v) is 4.83. The van der Waals surface area contributed by atoms with Crippen LogP contribution in [0.5, 0.6) is 0 Å². The summed E-state index contributed by atoms with van der Waals surface area (Å²) in [6.45, 7) is 0.0998. The Morgan fingerprint density at radius 3 is 2.40 bits per heavy atom. The third kappa shape index (κ3) is 2.11. The average molecular weight is 294 g/mol. The quantitative estimate of drug-likeness (QED) is 0.854. The molecule has 2 amide bonds. The molecule has 2 unspecified atom stereocenters. The van der Waals surface area contributed by atoms with Crippen molar-refractivity contribution < 1.29 is 19.5 Å². The van der Waals surface area contributed by atoms with Crippen LogP contribution >= 0.6 is 11.3 Å². The number of carbonyl (C=O) groups is 3. The summed E-state index contributed by atoms with van der Waals surface area (Å²) in [5.41, 5.74) is -0.0403. The highest BCUT2D eigenvalue weighted by molar-refractivity contribution is 7.09. The van der Waals surface area contributed by atoms with Crippen LogP contribution < -0.4 is 0 Å². The van der Waals surface area contributed by atoms with Crippen molar-refractivity contribution in [1.29, 1.82) is 0 Å². The van der Waals surface area contributed by atoms with Gasteiger partial charge in [-0.05, 0) is 12.8 Å². The van der Waals surface area contributed by atoms with Crippen molar-refractivity contribution in [3.8, 4) is 0 Å². The molecule has 1 aliphatic carbocycles. The van der Waals surface area contributed by atoms with Gasteiger partial charge in [-0.15, -0.1) is 11.3 Å². The maximum Gasteiger partial charge on any atom is 0.355 e. The lowest BCUT2D eigenvalue weighted by molar-refractivity contribution is -0.140. The highest BCUT2D eigenvalue weighted by atomic mass is 32.1. The van der Waals surface area contributed by atoms with Gasteiger partial charge in [0.25, 0.3) is 0 Å². The van der Waals surface area contributed by atoms with E-state index >= 15 is 0 Å². The minimum Gasteiger partial charge on any atom is -0.476 e. The highest BCUT2D eigenvalue weighted by Crippen LogP contribution is 2.38. The largest absolute Gasteiger partial charge is 0.476 e. The zero-order chi connectivity index (χ0) is 14.3. The SMILES string of the molecule is O=C(O)c1csc(CN2C(=O)C3CCCCC3C2=O)n1. The third-order valence-electron chi connectivity index (χ3n) is 4.00. The number of aromatic carboxylic acids is 1. The van der Waals surface area contributed by atoms with Crippen molar-refractivity contribution in [1.82, 2.24) is 9.88 Å². The molecule has 0 spiro atoms. The van der Waals surface area contributed by atoms with Crippen molar-refractivity contribution in [2.45, 2.75) is 32.2 Å². The molecule has 2 atom stereocenters. The van der Waals surface area contributed by atoms with E-state index in [4.69, 9.17) is 5.11 Å². The second kappa shape index (κ2) is 4.97. The molecular formula is C13H14N2O4S. The Balaban J connectivity index is 1.78. The summed E-state index contributed by atoms with van der Waals surface area (Å²) < 4.78 is 0. The van der Waals surface area contributed by atoms with Gasteiger partial charge in [-0.3, -0.25) is 14.5 Å². The van der Waals surface area contributed by atoms with Crippen molar-refractivity contribution >= 4 is 29.1 Å². The van der Waals surface area contributed by atoms with Gasteiger partial charge in [0.15, 0.2) is 5.69 Å². The van der Waals surface area contributed by atoms with Crippen LogP contribution in [0.15, 0.2) is 5.38 Å². The van der Waals surface area contributed by atoms with E-state index in [-0.39, 0.29) is 35.9 Å². The Kier molecular flexibility index (Phi) is 3.29. The van der Waals surface area contributed by atoms with Crippen LogP contribution in [0.25, 0.3) is 0 Å². The zero-order valence-corrected chi connectivity index (χ0v) is 11.6. The first-order chi connectivity index (χ1) is 9.58. The number of imide groups is 1. The number of hydrogen-bond acceptors (Lipinski definition) is 5. The number of carboxylic acids is 1. The molecule has 1 N–H and O–H groups in total. The number of fused-ring (bicyclic) bond motifs is 1. The molecule has 1 saturated heterocycles. The van der Waals surface area contributed by atoms with E-state index in [1.54, 1.807) is 0 Å². The fourth-order valence-corrected chi connectivity index (χ4v) is 3.76. The van der Waals surface area contributed by atoms with E-state index in [2.05, 4.69) is 4.98 Å². The number of thiazole rings is 1. The van der Waals surface area contributed by atoms with E-state index in [1.807, 2.05) is 0 Å². The average Bonchev–Trinajstić information content (AvgIpc) is 3.00. The Morgan fingerprint density at radius 1 is 1.30 bits per heavy atom. The monoisotopic (exact) mass is 294 g/mol. The summed E-state index contributed by atoms with van der Waals surface area (Å²) >= 11 is 1.16. The van der Waals surface area contributed by atoms with Gasteiger partial charge in [-0.1, -0.05) is 12.8 Å². The number of hydrogen-bond donors (Lipinski definition) is 1. The van der Waals surface area contributed by atoms with E-state index in [1.165, 1.54) is 10.3 Å². The standard InChI is InChI=1S/C13H14N2O4S/c16-11-7-3-1-2-4-8(7)12(17)15(11)5-10-14-9(6-20-10)13(18)19/h6-8H,1-5H2,(H,18,19). The lowest BCUT2D eigenvalue weighted by Gasteiger charge is -2.19. The van der Waals surface area contributed by atoms with Crippen molar-refractivity contribution in [3.05, 3.63) is 16.1 Å². The van der Waals surface area contributed by atoms with Gasteiger partial charge in [0.2, 0.25) is 11.8 Å². The zero-order valence-electron chi connectivity index (χ0n) is 10.7. The Bertz CT molecular complexity index is 559. The molecule has 20 heavy (non-hydrogen) atoms. The number of carboxylic acid groups (broad SMARTS) is 1. The molecule has 0 aromatic carbocycles. The predicted octanol–water partition coefficient (Wildman–Crippen LogP) is 1.52. The molecule has 7 heteroatoms. The van der Waals surface area contributed by atoms with Gasteiger partial charge in [0.05, 0.1) is 18.4 Å². The molecule has 1 aromatic heterocycles. The Hall–Kier alpha value is -1.76. The molecule has 0 bridgehead atoms. The van der Waals surface area contributed by atoms with Gasteiger partial charge < -0.3 is 5.11 Å². The molecule has 106 valence electrons. The summed E-state index contributed by atoms with van der Waals surface area (Å²) in [6, 6.07) is 0. The van der Waals surface area contributed by atoms with Crippen LogP contribution in [0.2, 0.25) is 0 Å². The minimum absolute atomic E-state index is 0.0403. The smallest absolute Gasteiger partial charge is 0.355 e. The molecule has 2 fully saturated rings. The predicted molar refractivity (Wildman–Crippen MR) is 70.1 cm³/mol. The Labute approximate surface area is 119 Å². The van der Waals surface area contributed by atoms with E-state index in [0.717, 1.165) is 37.0 Å². The highest BCUT2D eigenvalue weighted by Gasteiger charge is 2.48. The first-order valence-electron chi connectivity index (χ1n) is 6.61. The molecule has 3 rings (SSSR count). The Morgan fingerprint density at radius 2 is 1.90 bits per heavy atom. The molecule has 2 aliphatic rings. The summed E-state index contributed by atoms with van der Waals surface area (Å²) in [5, 5.41) is 10.7. The van der Waals surface area contributed by atoms with Crippen molar-refractivity contribution in [2.24, 2.45) is 11.8 Å². The number of carbonyl (C=O) groups excluding carboxylic acids is 2. The summed E-state index contributed by atoms with van der Waals surface area (Å²) in [6.07, 6.45) is 3.55. The van der Waals surface area contributed by atoms with Crippen LogP contribution in [-0.4, -0.2) is 32.8 Å². The van der Waals surface area contributed by atoms with Crippen LogP contribution in [0.1, 0.15) is 41.2 Å². The van der Waals surface area contributed by atoms with Crippen molar-refractivity contribution in [2.75, 3.05) is 0 Å². The van der Waals surface area contributed by atoms with Gasteiger partial charge in [-0.25, -0.2) is 9.78 Å². The fourth-order valence-electron chi connectivity index (χ4n) is 3.00. The number of likely N-dealkylation sites (tertiary alicyclic amines) is 1. The van der Waals surface area contributed by atoms with Crippen LogP contribution in [0.4, 0.5) is 0 Å². The normalized spacial score (nSPS) is 25.9. The van der Waals surface area contributed by atoms with Crippen LogP contribution in [0.3, 0.4) is 0 Å². The second-order valence-electron chi connectivity index (χ2n) is 5.19. The van der Waals surface area contributed by atoms with Crippen LogP contribution in [0, 0.1) is 11.8 Å². The topological polar surface area (TPSA) is 87.6 Å². The van der Waals surface area contributed by atoms with Gasteiger partial charge in [0.1, 0.15) is 5.01 Å². The van der Waals surface area contributed by atoms with Gasteiger partial charge in [-0.2, -0.15) is 0 Å². The molecule has 1 saturated carbocycles.